The summed E-state index contributed by atoms with van der Waals surface area (Å²) >= 11 is 0. The molecule has 2 saturated heterocycles. The largest absolute Gasteiger partial charge is 0.361 e. The van der Waals surface area contributed by atoms with Crippen molar-refractivity contribution in [3.05, 3.63) is 17.5 Å². The monoisotopic (exact) mass is 249 g/mol. The highest BCUT2D eigenvalue weighted by Crippen LogP contribution is 2.37. The summed E-state index contributed by atoms with van der Waals surface area (Å²) in [6, 6.07) is 1.72. The van der Waals surface area contributed by atoms with Crippen molar-refractivity contribution in [2.45, 2.75) is 31.7 Å². The molecule has 3 heterocycles. The van der Waals surface area contributed by atoms with Gasteiger partial charge in [-0.15, -0.1) is 0 Å². The third kappa shape index (κ3) is 1.73. The predicted octanol–water partition coefficient (Wildman–Crippen LogP) is 1.29. The van der Waals surface area contributed by atoms with Crippen LogP contribution in [0.15, 0.2) is 10.6 Å². The van der Waals surface area contributed by atoms with E-state index in [1.165, 1.54) is 12.8 Å². The average molecular weight is 249 g/mol. The van der Waals surface area contributed by atoms with Crippen LogP contribution in [0.1, 0.15) is 35.5 Å². The molecule has 0 saturated carbocycles. The van der Waals surface area contributed by atoms with Gasteiger partial charge in [-0.2, -0.15) is 0 Å². The molecule has 98 valence electrons. The normalized spacial score (nSPS) is 28.4. The molecular weight excluding hydrogens is 230 g/mol. The number of rotatable bonds is 1. The number of likely N-dealkylation sites (N-methyl/N-ethyl adjacent to an activating group) is 1. The minimum atomic E-state index is 0.00576. The van der Waals surface area contributed by atoms with Gasteiger partial charge in [0.05, 0.1) is 0 Å². The summed E-state index contributed by atoms with van der Waals surface area (Å²) in [6.07, 6.45) is 3.48. The van der Waals surface area contributed by atoms with Crippen molar-refractivity contribution in [1.82, 2.24) is 15.0 Å². The lowest BCUT2D eigenvalue weighted by atomic mass is 9.78. The second-order valence-corrected chi connectivity index (χ2v) is 5.55. The molecule has 5 nitrogen and oxygen atoms in total. The number of likely N-dealkylation sites (tertiary alicyclic amines) is 2. The van der Waals surface area contributed by atoms with Crippen LogP contribution in [-0.4, -0.2) is 53.1 Å². The van der Waals surface area contributed by atoms with Crippen LogP contribution >= 0.6 is 0 Å². The fourth-order valence-electron chi connectivity index (χ4n) is 3.08. The average Bonchev–Trinajstić information content (AvgIpc) is 2.83. The van der Waals surface area contributed by atoms with E-state index in [1.54, 1.807) is 13.0 Å². The van der Waals surface area contributed by atoms with Crippen molar-refractivity contribution in [2.24, 2.45) is 0 Å². The van der Waals surface area contributed by atoms with Crippen LogP contribution in [-0.2, 0) is 0 Å². The second kappa shape index (κ2) is 4.09. The molecule has 1 spiro atoms. The van der Waals surface area contributed by atoms with Crippen LogP contribution in [0.5, 0.6) is 0 Å². The number of hydrogen-bond donors (Lipinski definition) is 0. The quantitative estimate of drug-likeness (QED) is 0.752. The Morgan fingerprint density at radius 1 is 1.44 bits per heavy atom. The Balaban J connectivity index is 1.74. The Bertz CT molecular complexity index is 471. The number of carbonyl (C=O) groups is 1. The van der Waals surface area contributed by atoms with Crippen LogP contribution < -0.4 is 0 Å². The highest BCUT2D eigenvalue weighted by atomic mass is 16.5. The Hall–Kier alpha value is -1.36. The van der Waals surface area contributed by atoms with Crippen molar-refractivity contribution < 1.29 is 9.32 Å². The Morgan fingerprint density at radius 3 is 2.83 bits per heavy atom. The van der Waals surface area contributed by atoms with Gasteiger partial charge in [-0.25, -0.2) is 0 Å². The molecule has 5 heteroatoms. The molecule has 0 N–H and O–H groups in total. The number of hydrogen-bond acceptors (Lipinski definition) is 4. The first-order chi connectivity index (χ1) is 8.61. The van der Waals surface area contributed by atoms with Gasteiger partial charge in [-0.3, -0.25) is 9.69 Å². The summed E-state index contributed by atoms with van der Waals surface area (Å²) in [6.45, 7) is 4.61. The molecule has 0 aromatic carbocycles. The van der Waals surface area contributed by atoms with Gasteiger partial charge in [-0.05, 0) is 33.2 Å². The van der Waals surface area contributed by atoms with E-state index in [0.717, 1.165) is 26.1 Å². The van der Waals surface area contributed by atoms with Gasteiger partial charge < -0.3 is 9.42 Å². The summed E-state index contributed by atoms with van der Waals surface area (Å²) in [5, 5.41) is 3.82. The Morgan fingerprint density at radius 2 is 2.28 bits per heavy atom. The molecule has 1 aromatic heterocycles. The molecule has 0 unspecified atom stereocenters. The third-order valence-electron chi connectivity index (χ3n) is 4.41. The molecule has 0 aliphatic carbocycles. The second-order valence-electron chi connectivity index (χ2n) is 5.55. The van der Waals surface area contributed by atoms with Crippen molar-refractivity contribution in [3.63, 3.8) is 0 Å². The number of piperidine rings is 1. The standard InChI is InChI=1S/C13H19N3O2/c1-10-8-11(14-18-10)12(17)16-6-3-4-13(9-16)5-7-15(13)2/h8H,3-7,9H2,1-2H3/t13-/m0/s1. The van der Waals surface area contributed by atoms with Crippen molar-refractivity contribution in [1.29, 1.82) is 0 Å². The first-order valence-corrected chi connectivity index (χ1v) is 6.55. The molecule has 1 atom stereocenters. The van der Waals surface area contributed by atoms with Crippen molar-refractivity contribution in [2.75, 3.05) is 26.7 Å². The Kier molecular flexibility index (Phi) is 2.66. The van der Waals surface area contributed by atoms with E-state index < -0.39 is 0 Å². The van der Waals surface area contributed by atoms with E-state index in [2.05, 4.69) is 17.1 Å². The van der Waals surface area contributed by atoms with E-state index in [1.807, 2.05) is 4.90 Å². The smallest absolute Gasteiger partial charge is 0.276 e. The molecule has 2 aliphatic heterocycles. The van der Waals surface area contributed by atoms with E-state index in [-0.39, 0.29) is 11.4 Å². The van der Waals surface area contributed by atoms with Gasteiger partial charge in [-0.1, -0.05) is 5.16 Å². The zero-order chi connectivity index (χ0) is 12.8. The van der Waals surface area contributed by atoms with Crippen LogP contribution in [0.4, 0.5) is 0 Å². The van der Waals surface area contributed by atoms with E-state index >= 15 is 0 Å². The minimum absolute atomic E-state index is 0.00576. The van der Waals surface area contributed by atoms with Crippen molar-refractivity contribution >= 4 is 5.91 Å². The van der Waals surface area contributed by atoms with Gasteiger partial charge in [0, 0.05) is 31.2 Å². The lowest BCUT2D eigenvalue weighted by Crippen LogP contribution is -2.66. The summed E-state index contributed by atoms with van der Waals surface area (Å²) in [5.74, 6) is 0.692. The van der Waals surface area contributed by atoms with Gasteiger partial charge in [0.2, 0.25) is 0 Å². The molecule has 2 fully saturated rings. The summed E-state index contributed by atoms with van der Waals surface area (Å²) < 4.78 is 4.98. The topological polar surface area (TPSA) is 49.6 Å². The summed E-state index contributed by atoms with van der Waals surface area (Å²) in [4.78, 5) is 16.6. The maximum Gasteiger partial charge on any atom is 0.276 e. The number of amides is 1. The van der Waals surface area contributed by atoms with E-state index in [9.17, 15) is 4.79 Å². The lowest BCUT2D eigenvalue weighted by molar-refractivity contribution is -0.0410. The fraction of sp³-hybridized carbons (Fsp3) is 0.692. The highest BCUT2D eigenvalue weighted by Gasteiger charge is 2.46. The van der Waals surface area contributed by atoms with Crippen LogP contribution in [0.25, 0.3) is 0 Å². The molecule has 1 amide bonds. The van der Waals surface area contributed by atoms with Crippen LogP contribution in [0.2, 0.25) is 0 Å². The van der Waals surface area contributed by atoms with Crippen LogP contribution in [0, 0.1) is 6.92 Å². The summed E-state index contributed by atoms with van der Waals surface area (Å²) in [7, 11) is 2.15. The van der Waals surface area contributed by atoms with E-state index in [4.69, 9.17) is 4.52 Å². The number of aryl methyl sites for hydroxylation is 1. The Labute approximate surface area is 107 Å². The van der Waals surface area contributed by atoms with Gasteiger partial charge in [0.15, 0.2) is 5.69 Å². The van der Waals surface area contributed by atoms with Crippen molar-refractivity contribution in [3.8, 4) is 0 Å². The summed E-state index contributed by atoms with van der Waals surface area (Å²) in [5.41, 5.74) is 0.665. The molecule has 2 aliphatic rings. The maximum absolute atomic E-state index is 12.3. The first-order valence-electron chi connectivity index (χ1n) is 6.55. The van der Waals surface area contributed by atoms with Gasteiger partial charge >= 0.3 is 0 Å². The number of aromatic nitrogens is 1. The third-order valence-corrected chi connectivity index (χ3v) is 4.41. The van der Waals surface area contributed by atoms with Gasteiger partial charge in [0.25, 0.3) is 5.91 Å². The van der Waals surface area contributed by atoms with Crippen LogP contribution in [0.3, 0.4) is 0 Å². The molecular formula is C13H19N3O2. The number of nitrogens with zero attached hydrogens (tertiary/aromatic N) is 3. The van der Waals surface area contributed by atoms with Gasteiger partial charge in [0.1, 0.15) is 5.76 Å². The molecule has 0 radical (unpaired) electrons. The molecule has 3 rings (SSSR count). The molecule has 18 heavy (non-hydrogen) atoms. The lowest BCUT2D eigenvalue weighted by Gasteiger charge is -2.55. The molecule has 0 bridgehead atoms. The SMILES string of the molecule is Cc1cc(C(=O)N2CCC[C@]3(CCN3C)C2)no1. The van der Waals surface area contributed by atoms with E-state index in [0.29, 0.717) is 11.5 Å². The highest BCUT2D eigenvalue weighted by molar-refractivity contribution is 5.92. The minimum Gasteiger partial charge on any atom is -0.361 e. The fourth-order valence-corrected chi connectivity index (χ4v) is 3.08. The zero-order valence-electron chi connectivity index (χ0n) is 11.0. The first kappa shape index (κ1) is 11.7. The molecule has 1 aromatic rings. The predicted molar refractivity (Wildman–Crippen MR) is 66.4 cm³/mol. The maximum atomic E-state index is 12.3. The number of carbonyl (C=O) groups excluding carboxylic acids is 1. The zero-order valence-corrected chi connectivity index (χ0v) is 11.0.